The van der Waals surface area contributed by atoms with Crippen molar-refractivity contribution in [2.24, 2.45) is 0 Å². The van der Waals surface area contributed by atoms with Gasteiger partial charge in [0.2, 0.25) is 0 Å². The SMILES string of the molecule is FC(F)(F)Oc1cccc(CNCc2ccc(-n3cncn3)nc2)c1. The molecule has 0 radical (unpaired) electrons. The van der Waals surface area contributed by atoms with E-state index in [9.17, 15) is 13.2 Å². The maximum absolute atomic E-state index is 12.2. The molecule has 2 aromatic heterocycles. The lowest BCUT2D eigenvalue weighted by molar-refractivity contribution is -0.274. The molecule has 130 valence electrons. The van der Waals surface area contributed by atoms with Gasteiger partial charge in [-0.1, -0.05) is 18.2 Å². The van der Waals surface area contributed by atoms with Crippen LogP contribution < -0.4 is 10.1 Å². The molecule has 6 nitrogen and oxygen atoms in total. The topological polar surface area (TPSA) is 64.9 Å². The Bertz CT molecular complexity index is 803. The summed E-state index contributed by atoms with van der Waals surface area (Å²) in [6, 6.07) is 9.56. The molecule has 3 rings (SSSR count). The summed E-state index contributed by atoms with van der Waals surface area (Å²) >= 11 is 0. The number of aromatic nitrogens is 4. The molecule has 0 unspecified atom stereocenters. The number of hydrogen-bond donors (Lipinski definition) is 1. The lowest BCUT2D eigenvalue weighted by Crippen LogP contribution is -2.17. The molecule has 0 spiro atoms. The van der Waals surface area contributed by atoms with Crippen LogP contribution >= 0.6 is 0 Å². The fourth-order valence-electron chi connectivity index (χ4n) is 2.19. The van der Waals surface area contributed by atoms with E-state index in [1.54, 1.807) is 23.3 Å². The minimum absolute atomic E-state index is 0.231. The molecule has 0 saturated carbocycles. The van der Waals surface area contributed by atoms with Crippen molar-refractivity contribution in [3.8, 4) is 11.6 Å². The second-order valence-electron chi connectivity index (χ2n) is 5.16. The van der Waals surface area contributed by atoms with Crippen molar-refractivity contribution in [2.75, 3.05) is 0 Å². The molecule has 0 atom stereocenters. The number of pyridine rings is 1. The zero-order valence-corrected chi connectivity index (χ0v) is 12.9. The summed E-state index contributed by atoms with van der Waals surface area (Å²) in [5.41, 5.74) is 1.63. The maximum Gasteiger partial charge on any atom is 0.573 e. The van der Waals surface area contributed by atoms with Crippen molar-refractivity contribution in [1.82, 2.24) is 25.1 Å². The summed E-state index contributed by atoms with van der Waals surface area (Å²) in [4.78, 5) is 8.13. The summed E-state index contributed by atoms with van der Waals surface area (Å²) in [6.45, 7) is 0.925. The first-order valence-corrected chi connectivity index (χ1v) is 7.35. The normalized spacial score (nSPS) is 11.5. The van der Waals surface area contributed by atoms with Gasteiger partial charge in [0.15, 0.2) is 5.82 Å². The van der Waals surface area contributed by atoms with Crippen LogP contribution in [0.5, 0.6) is 5.75 Å². The third kappa shape index (κ3) is 5.01. The van der Waals surface area contributed by atoms with Crippen molar-refractivity contribution >= 4 is 0 Å². The van der Waals surface area contributed by atoms with Gasteiger partial charge in [0.1, 0.15) is 18.4 Å². The van der Waals surface area contributed by atoms with E-state index in [2.05, 4.69) is 25.1 Å². The van der Waals surface area contributed by atoms with E-state index in [1.807, 2.05) is 12.1 Å². The molecular weight excluding hydrogens is 335 g/mol. The van der Waals surface area contributed by atoms with Gasteiger partial charge < -0.3 is 10.1 Å². The van der Waals surface area contributed by atoms with Crippen molar-refractivity contribution in [1.29, 1.82) is 0 Å². The summed E-state index contributed by atoms with van der Waals surface area (Å²) in [6.07, 6.45) is -0.0131. The average Bonchev–Trinajstić information content (AvgIpc) is 3.09. The van der Waals surface area contributed by atoms with E-state index in [0.717, 1.165) is 5.56 Å². The lowest BCUT2D eigenvalue weighted by Gasteiger charge is -2.10. The van der Waals surface area contributed by atoms with Gasteiger partial charge in [-0.25, -0.2) is 14.6 Å². The zero-order valence-electron chi connectivity index (χ0n) is 12.9. The van der Waals surface area contributed by atoms with Gasteiger partial charge in [0.05, 0.1) is 0 Å². The van der Waals surface area contributed by atoms with Crippen LogP contribution in [0.3, 0.4) is 0 Å². The number of benzene rings is 1. The van der Waals surface area contributed by atoms with Crippen LogP contribution in [0.2, 0.25) is 0 Å². The second-order valence-corrected chi connectivity index (χ2v) is 5.16. The standard InChI is InChI=1S/C16H14F3N5O/c17-16(18,19)25-14-3-1-2-12(6-14)7-20-8-13-4-5-15(22-9-13)24-11-21-10-23-24/h1-6,9-11,20H,7-8H2. The predicted molar refractivity (Wildman–Crippen MR) is 82.8 cm³/mol. The lowest BCUT2D eigenvalue weighted by atomic mass is 10.2. The van der Waals surface area contributed by atoms with Crippen molar-refractivity contribution in [3.63, 3.8) is 0 Å². The molecule has 2 heterocycles. The van der Waals surface area contributed by atoms with Gasteiger partial charge in [0.25, 0.3) is 0 Å². The molecule has 25 heavy (non-hydrogen) atoms. The molecule has 0 amide bonds. The summed E-state index contributed by atoms with van der Waals surface area (Å²) in [5, 5.41) is 7.14. The van der Waals surface area contributed by atoms with Crippen molar-refractivity contribution in [2.45, 2.75) is 19.5 Å². The first-order chi connectivity index (χ1) is 12.0. The Balaban J connectivity index is 1.53. The van der Waals surface area contributed by atoms with Gasteiger partial charge in [-0.2, -0.15) is 5.10 Å². The second kappa shape index (κ2) is 7.31. The molecule has 9 heteroatoms. The molecule has 0 saturated heterocycles. The Morgan fingerprint density at radius 2 is 1.92 bits per heavy atom. The van der Waals surface area contributed by atoms with Crippen LogP contribution in [-0.2, 0) is 13.1 Å². The van der Waals surface area contributed by atoms with E-state index in [-0.39, 0.29) is 5.75 Å². The number of hydrogen-bond acceptors (Lipinski definition) is 5. The first-order valence-electron chi connectivity index (χ1n) is 7.35. The number of rotatable bonds is 6. The fourth-order valence-corrected chi connectivity index (χ4v) is 2.19. The molecule has 0 bridgehead atoms. The van der Waals surface area contributed by atoms with Crippen molar-refractivity contribution in [3.05, 3.63) is 66.4 Å². The van der Waals surface area contributed by atoms with Crippen LogP contribution in [0.1, 0.15) is 11.1 Å². The minimum atomic E-state index is -4.69. The van der Waals surface area contributed by atoms with Crippen molar-refractivity contribution < 1.29 is 17.9 Å². The Morgan fingerprint density at radius 3 is 2.60 bits per heavy atom. The van der Waals surface area contributed by atoms with E-state index in [4.69, 9.17) is 0 Å². The highest BCUT2D eigenvalue weighted by Crippen LogP contribution is 2.23. The number of nitrogens with zero attached hydrogens (tertiary/aromatic N) is 4. The maximum atomic E-state index is 12.2. The van der Waals surface area contributed by atoms with Crippen LogP contribution in [0, 0.1) is 0 Å². The van der Waals surface area contributed by atoms with Gasteiger partial charge in [-0.15, -0.1) is 13.2 Å². The molecular formula is C16H14F3N5O. The molecule has 1 N–H and O–H groups in total. The summed E-state index contributed by atoms with van der Waals surface area (Å²) in [5.74, 6) is 0.420. The number of halogens is 3. The average molecular weight is 349 g/mol. The fraction of sp³-hybridized carbons (Fsp3) is 0.188. The van der Waals surface area contributed by atoms with Crippen LogP contribution in [0.4, 0.5) is 13.2 Å². The van der Waals surface area contributed by atoms with E-state index in [1.165, 1.54) is 24.5 Å². The molecule has 0 aliphatic heterocycles. The quantitative estimate of drug-likeness (QED) is 0.741. The highest BCUT2D eigenvalue weighted by molar-refractivity contribution is 5.29. The molecule has 0 fully saturated rings. The van der Waals surface area contributed by atoms with E-state index in [0.29, 0.717) is 24.5 Å². The Hall–Kier alpha value is -2.94. The number of nitrogens with one attached hydrogen (secondary N) is 1. The smallest absolute Gasteiger partial charge is 0.406 e. The summed E-state index contributed by atoms with van der Waals surface area (Å²) in [7, 11) is 0. The first kappa shape index (κ1) is 16.9. The molecule has 0 aliphatic rings. The molecule has 1 aromatic carbocycles. The third-order valence-corrected chi connectivity index (χ3v) is 3.25. The highest BCUT2D eigenvalue weighted by Gasteiger charge is 2.31. The van der Waals surface area contributed by atoms with Gasteiger partial charge in [-0.05, 0) is 29.3 Å². The summed E-state index contributed by atoms with van der Waals surface area (Å²) < 4.78 is 42.1. The Labute approximate surface area is 141 Å². The molecule has 3 aromatic rings. The number of ether oxygens (including phenoxy) is 1. The zero-order chi connectivity index (χ0) is 17.7. The monoisotopic (exact) mass is 349 g/mol. The number of alkyl halides is 3. The highest BCUT2D eigenvalue weighted by atomic mass is 19.4. The van der Waals surface area contributed by atoms with Gasteiger partial charge >= 0.3 is 6.36 Å². The Morgan fingerprint density at radius 1 is 1.08 bits per heavy atom. The van der Waals surface area contributed by atoms with Gasteiger partial charge in [-0.3, -0.25) is 0 Å². The van der Waals surface area contributed by atoms with Crippen LogP contribution in [0.15, 0.2) is 55.2 Å². The van der Waals surface area contributed by atoms with Crippen LogP contribution in [-0.4, -0.2) is 26.1 Å². The van der Waals surface area contributed by atoms with Gasteiger partial charge in [0, 0.05) is 19.3 Å². The van der Waals surface area contributed by atoms with E-state index >= 15 is 0 Å². The molecule has 0 aliphatic carbocycles. The third-order valence-electron chi connectivity index (χ3n) is 3.25. The largest absolute Gasteiger partial charge is 0.573 e. The predicted octanol–water partition coefficient (Wildman–Crippen LogP) is 2.85. The van der Waals surface area contributed by atoms with E-state index < -0.39 is 6.36 Å². The van der Waals surface area contributed by atoms with Crippen LogP contribution in [0.25, 0.3) is 5.82 Å². The Kier molecular flexibility index (Phi) is 4.94. The minimum Gasteiger partial charge on any atom is -0.406 e.